The fourth-order valence-electron chi connectivity index (χ4n) is 1.30. The minimum absolute atomic E-state index is 0. The van der Waals surface area contributed by atoms with Gasteiger partial charge >= 0.3 is 6.09 Å². The van der Waals surface area contributed by atoms with Crippen LogP contribution in [0.3, 0.4) is 0 Å². The molecule has 0 aromatic carbocycles. The normalized spacial score (nSPS) is 12.2. The Balaban J connectivity index is 0. The molecule has 0 aliphatic heterocycles. The first-order chi connectivity index (χ1) is 9.03. The predicted molar refractivity (Wildman–Crippen MR) is 98.5 cm³/mol. The minimum atomic E-state index is -0.476. The highest BCUT2D eigenvalue weighted by atomic mass is 127. The zero-order chi connectivity index (χ0) is 15.8. The van der Waals surface area contributed by atoms with Gasteiger partial charge in [-0.15, -0.1) is 24.0 Å². The zero-order valence-corrected chi connectivity index (χ0v) is 16.6. The van der Waals surface area contributed by atoms with E-state index in [1.54, 1.807) is 0 Å². The van der Waals surface area contributed by atoms with E-state index in [1.165, 1.54) is 0 Å². The van der Waals surface area contributed by atoms with Crippen molar-refractivity contribution in [3.8, 4) is 0 Å². The van der Waals surface area contributed by atoms with Crippen molar-refractivity contribution in [2.45, 2.75) is 59.6 Å². The van der Waals surface area contributed by atoms with Crippen molar-refractivity contribution in [3.05, 3.63) is 0 Å². The number of aliphatic imine (C=N–C) groups is 1. The van der Waals surface area contributed by atoms with E-state index in [-0.39, 0.29) is 29.5 Å². The topological polar surface area (TPSA) is 74.8 Å². The Hall–Kier alpha value is -0.730. The van der Waals surface area contributed by atoms with Crippen molar-refractivity contribution >= 4 is 36.0 Å². The van der Waals surface area contributed by atoms with Crippen LogP contribution in [0, 0.1) is 0 Å². The number of hydrogen-bond acceptors (Lipinski definition) is 3. The molecule has 0 fully saturated rings. The fourth-order valence-corrected chi connectivity index (χ4v) is 1.30. The summed E-state index contributed by atoms with van der Waals surface area (Å²) < 4.78 is 5.14. The maximum Gasteiger partial charge on any atom is 0.407 e. The van der Waals surface area contributed by atoms with Crippen LogP contribution < -0.4 is 16.0 Å². The third kappa shape index (κ3) is 15.5. The maximum absolute atomic E-state index is 11.4. The van der Waals surface area contributed by atoms with Crippen LogP contribution in [-0.2, 0) is 4.74 Å². The zero-order valence-electron chi connectivity index (χ0n) is 14.3. The molecule has 6 nitrogen and oxygen atoms in total. The van der Waals surface area contributed by atoms with Gasteiger partial charge in [0.05, 0.1) is 6.54 Å². The van der Waals surface area contributed by atoms with Gasteiger partial charge in [0.2, 0.25) is 0 Å². The smallest absolute Gasteiger partial charge is 0.407 e. The van der Waals surface area contributed by atoms with Gasteiger partial charge < -0.3 is 20.7 Å². The number of carbonyl (C=O) groups is 1. The first kappa shape index (κ1) is 22.5. The van der Waals surface area contributed by atoms with E-state index in [0.717, 1.165) is 12.5 Å². The van der Waals surface area contributed by atoms with E-state index in [4.69, 9.17) is 4.74 Å². The Morgan fingerprint density at radius 2 is 1.67 bits per heavy atom. The molecule has 0 bridgehead atoms. The number of rotatable bonds is 4. The first-order valence-corrected chi connectivity index (χ1v) is 7.07. The molecule has 0 aliphatic carbocycles. The molecular weight excluding hydrogens is 383 g/mol. The average Bonchev–Trinajstić information content (AvgIpc) is 2.19. The molecule has 0 aromatic rings. The Morgan fingerprint density at radius 1 is 1.10 bits per heavy atom. The van der Waals surface area contributed by atoms with Gasteiger partial charge in [0.15, 0.2) is 5.96 Å². The van der Waals surface area contributed by atoms with Gasteiger partial charge in [0.25, 0.3) is 0 Å². The predicted octanol–water partition coefficient (Wildman–Crippen LogP) is 2.48. The quantitative estimate of drug-likeness (QED) is 0.286. The summed E-state index contributed by atoms with van der Waals surface area (Å²) in [6.07, 6.45) is -0.415. The molecule has 0 spiro atoms. The molecule has 0 aromatic heterocycles. The molecule has 0 radical (unpaired) electrons. The second-order valence-electron chi connectivity index (χ2n) is 6.56. The molecule has 0 saturated carbocycles. The maximum atomic E-state index is 11.4. The van der Waals surface area contributed by atoms with Crippen molar-refractivity contribution < 1.29 is 9.53 Å². The largest absolute Gasteiger partial charge is 0.444 e. The lowest BCUT2D eigenvalue weighted by Crippen LogP contribution is -2.47. The average molecular weight is 414 g/mol. The van der Waals surface area contributed by atoms with Crippen LogP contribution in [0.4, 0.5) is 4.79 Å². The van der Waals surface area contributed by atoms with Gasteiger partial charge in [-0.2, -0.15) is 0 Å². The first-order valence-electron chi connectivity index (χ1n) is 7.07. The number of ether oxygens (including phenoxy) is 1. The summed E-state index contributed by atoms with van der Waals surface area (Å²) in [5.74, 6) is 0.742. The monoisotopic (exact) mass is 414 g/mol. The van der Waals surface area contributed by atoms with Crippen molar-refractivity contribution in [1.29, 1.82) is 0 Å². The van der Waals surface area contributed by atoms with Crippen LogP contribution in [-0.4, -0.2) is 42.8 Å². The van der Waals surface area contributed by atoms with Crippen LogP contribution >= 0.6 is 24.0 Å². The molecule has 0 unspecified atom stereocenters. The van der Waals surface area contributed by atoms with E-state index in [9.17, 15) is 4.79 Å². The molecule has 0 aliphatic rings. The van der Waals surface area contributed by atoms with Crippen molar-refractivity contribution in [1.82, 2.24) is 16.0 Å². The molecule has 3 N–H and O–H groups in total. The highest BCUT2D eigenvalue weighted by Crippen LogP contribution is 2.06. The fraction of sp³-hybridized carbons (Fsp3) is 0.857. The Kier molecular flexibility index (Phi) is 10.8. The molecule has 0 saturated heterocycles. The van der Waals surface area contributed by atoms with Crippen molar-refractivity contribution in [2.75, 3.05) is 19.6 Å². The molecule has 21 heavy (non-hydrogen) atoms. The van der Waals surface area contributed by atoms with E-state index in [1.807, 2.05) is 27.7 Å². The van der Waals surface area contributed by atoms with Gasteiger partial charge in [-0.3, -0.25) is 4.99 Å². The summed E-state index contributed by atoms with van der Waals surface area (Å²) in [6.45, 7) is 15.4. The minimum Gasteiger partial charge on any atom is -0.444 e. The molecule has 1 amide bonds. The lowest BCUT2D eigenvalue weighted by atomic mass is 10.1. The summed E-state index contributed by atoms with van der Waals surface area (Å²) in [7, 11) is 0. The van der Waals surface area contributed by atoms with Gasteiger partial charge in [-0.1, -0.05) is 0 Å². The van der Waals surface area contributed by atoms with Gasteiger partial charge in [-0.25, -0.2) is 4.79 Å². The van der Waals surface area contributed by atoms with Crippen LogP contribution in [0.2, 0.25) is 0 Å². The van der Waals surface area contributed by atoms with Crippen LogP contribution in [0.25, 0.3) is 0 Å². The Morgan fingerprint density at radius 3 is 2.10 bits per heavy atom. The van der Waals surface area contributed by atoms with Crippen LogP contribution in [0.1, 0.15) is 48.5 Å². The molecular formula is C14H31IN4O2. The highest BCUT2D eigenvalue weighted by molar-refractivity contribution is 14.0. The molecule has 0 heterocycles. The number of nitrogens with one attached hydrogen (secondary N) is 3. The number of amides is 1. The van der Waals surface area contributed by atoms with E-state index in [0.29, 0.717) is 13.1 Å². The van der Waals surface area contributed by atoms with Gasteiger partial charge in [0, 0.05) is 18.6 Å². The SMILES string of the molecule is CCNC(=NCCNC(=O)OC(C)(C)C)NC(C)(C)C.I. The summed E-state index contributed by atoms with van der Waals surface area (Å²) in [5, 5.41) is 9.11. The summed E-state index contributed by atoms with van der Waals surface area (Å²) in [5.41, 5.74) is -0.532. The van der Waals surface area contributed by atoms with Gasteiger partial charge in [-0.05, 0) is 48.5 Å². The molecule has 0 atom stereocenters. The number of guanidine groups is 1. The van der Waals surface area contributed by atoms with E-state index >= 15 is 0 Å². The van der Waals surface area contributed by atoms with Crippen molar-refractivity contribution in [3.63, 3.8) is 0 Å². The Labute approximate surface area is 145 Å². The van der Waals surface area contributed by atoms with Gasteiger partial charge in [0.1, 0.15) is 5.60 Å². The second kappa shape index (κ2) is 10.1. The van der Waals surface area contributed by atoms with E-state index in [2.05, 4.69) is 41.7 Å². The standard InChI is InChI=1S/C14H30N4O2.HI/c1-8-15-11(18-13(2,3)4)16-9-10-17-12(19)20-14(5,6)7;/h8-10H2,1-7H3,(H,17,19)(H2,15,16,18);1H. The summed E-state index contributed by atoms with van der Waals surface area (Å²) in [6, 6.07) is 0. The van der Waals surface area contributed by atoms with Crippen LogP contribution in [0.15, 0.2) is 4.99 Å². The Bertz CT molecular complexity index is 333. The number of carbonyl (C=O) groups excluding carboxylic acids is 1. The number of nitrogens with zero attached hydrogens (tertiary/aromatic N) is 1. The molecule has 126 valence electrons. The van der Waals surface area contributed by atoms with Crippen molar-refractivity contribution in [2.24, 2.45) is 4.99 Å². The number of hydrogen-bond donors (Lipinski definition) is 3. The summed E-state index contributed by atoms with van der Waals surface area (Å²) in [4.78, 5) is 15.8. The summed E-state index contributed by atoms with van der Waals surface area (Å²) >= 11 is 0. The van der Waals surface area contributed by atoms with Crippen LogP contribution in [0.5, 0.6) is 0 Å². The number of alkyl carbamates (subject to hydrolysis) is 1. The van der Waals surface area contributed by atoms with E-state index < -0.39 is 11.7 Å². The third-order valence-corrected chi connectivity index (χ3v) is 1.89. The molecule has 0 rings (SSSR count). The third-order valence-electron chi connectivity index (χ3n) is 1.89. The molecule has 7 heteroatoms. The number of halogens is 1. The lowest BCUT2D eigenvalue weighted by Gasteiger charge is -2.23. The second-order valence-corrected chi connectivity index (χ2v) is 6.56. The highest BCUT2D eigenvalue weighted by Gasteiger charge is 2.15. The lowest BCUT2D eigenvalue weighted by molar-refractivity contribution is 0.0529.